The number of carbonyl (C=O) groups is 1. The van der Waals surface area contributed by atoms with Crippen molar-refractivity contribution < 1.29 is 4.79 Å². The van der Waals surface area contributed by atoms with Gasteiger partial charge in [-0.05, 0) is 52.5 Å². The number of hydrogen-bond acceptors (Lipinski definition) is 3. The lowest BCUT2D eigenvalue weighted by Gasteiger charge is -2.31. The van der Waals surface area contributed by atoms with Crippen LogP contribution in [-0.2, 0) is 10.3 Å². The first-order valence-electron chi connectivity index (χ1n) is 8.36. The molecule has 0 atom stereocenters. The number of nitriles is 1. The number of nitrogens with zero attached hydrogens (tertiary/aromatic N) is 2. The van der Waals surface area contributed by atoms with Gasteiger partial charge in [0.25, 0.3) is 5.91 Å². The van der Waals surface area contributed by atoms with E-state index in [9.17, 15) is 10.1 Å². The maximum atomic E-state index is 12.8. The molecule has 132 valence electrons. The molecule has 1 amide bonds. The molecular formula is C20H17BrClN3O. The zero-order chi connectivity index (χ0) is 18.6. The smallest absolute Gasteiger partial charge is 0.262 e. The Bertz CT molecular complexity index is 884. The Morgan fingerprint density at radius 3 is 2.58 bits per heavy atom. The number of nitrogens with one attached hydrogen (secondary N) is 1. The molecule has 0 unspecified atom stereocenters. The molecule has 1 aliphatic rings. The van der Waals surface area contributed by atoms with Gasteiger partial charge in [-0.2, -0.15) is 5.26 Å². The summed E-state index contributed by atoms with van der Waals surface area (Å²) in [6.45, 7) is 0. The van der Waals surface area contributed by atoms with Gasteiger partial charge in [-0.25, -0.2) is 4.98 Å². The van der Waals surface area contributed by atoms with Crippen LogP contribution in [-0.4, -0.2) is 10.9 Å². The maximum Gasteiger partial charge on any atom is 0.262 e. The normalized spacial score (nSPS) is 16.1. The predicted octanol–water partition coefficient (Wildman–Crippen LogP) is 4.99. The number of amides is 1. The van der Waals surface area contributed by atoms with Gasteiger partial charge in [-0.3, -0.25) is 4.79 Å². The molecule has 3 rings (SSSR count). The second-order valence-electron chi connectivity index (χ2n) is 6.28. The number of benzene rings is 1. The van der Waals surface area contributed by atoms with Crippen molar-refractivity contribution in [2.75, 3.05) is 0 Å². The number of hydrogen-bond donors (Lipinski definition) is 1. The lowest BCUT2D eigenvalue weighted by atomic mass is 9.88. The Labute approximate surface area is 166 Å². The molecule has 0 bridgehead atoms. The van der Waals surface area contributed by atoms with E-state index in [1.165, 1.54) is 6.08 Å². The van der Waals surface area contributed by atoms with Crippen LogP contribution in [0.4, 0.5) is 0 Å². The van der Waals surface area contributed by atoms with Crippen molar-refractivity contribution in [1.82, 2.24) is 10.3 Å². The number of pyridine rings is 1. The zero-order valence-electron chi connectivity index (χ0n) is 14.0. The third-order valence-corrected chi connectivity index (χ3v) is 5.50. The topological polar surface area (TPSA) is 65.8 Å². The lowest BCUT2D eigenvalue weighted by Crippen LogP contribution is -2.44. The van der Waals surface area contributed by atoms with Crippen molar-refractivity contribution in [3.05, 3.63) is 68.9 Å². The zero-order valence-corrected chi connectivity index (χ0v) is 16.3. The van der Waals surface area contributed by atoms with Crippen LogP contribution in [0.2, 0.25) is 5.15 Å². The summed E-state index contributed by atoms with van der Waals surface area (Å²) in [5.74, 6) is -0.396. The standard InChI is InChI=1S/C20H17BrClN3O/c21-16-8-9-18(22)24-17(16)12-14(13-23)19(26)25-20(10-4-5-11-20)15-6-2-1-3-7-15/h1-3,6-9,12H,4-5,10-11H2,(H,25,26)/b14-12+. The fraction of sp³-hybridized carbons (Fsp3) is 0.250. The number of rotatable bonds is 4. The first kappa shape index (κ1) is 18.6. The molecule has 6 heteroatoms. The monoisotopic (exact) mass is 429 g/mol. The second-order valence-corrected chi connectivity index (χ2v) is 7.52. The summed E-state index contributed by atoms with van der Waals surface area (Å²) in [5, 5.41) is 12.9. The highest BCUT2D eigenvalue weighted by molar-refractivity contribution is 9.10. The van der Waals surface area contributed by atoms with Gasteiger partial charge in [0.1, 0.15) is 16.8 Å². The highest BCUT2D eigenvalue weighted by Gasteiger charge is 2.37. The molecular weight excluding hydrogens is 414 g/mol. The molecule has 1 heterocycles. The predicted molar refractivity (Wildman–Crippen MR) is 105 cm³/mol. The lowest BCUT2D eigenvalue weighted by molar-refractivity contribution is -0.119. The highest BCUT2D eigenvalue weighted by atomic mass is 79.9. The molecule has 1 aromatic carbocycles. The minimum Gasteiger partial charge on any atom is -0.342 e. The van der Waals surface area contributed by atoms with Crippen molar-refractivity contribution >= 4 is 39.5 Å². The van der Waals surface area contributed by atoms with E-state index in [4.69, 9.17) is 11.6 Å². The average Bonchev–Trinajstić information content (AvgIpc) is 3.12. The molecule has 0 aliphatic heterocycles. The van der Waals surface area contributed by atoms with Gasteiger partial charge in [0.2, 0.25) is 0 Å². The van der Waals surface area contributed by atoms with Gasteiger partial charge < -0.3 is 5.32 Å². The van der Waals surface area contributed by atoms with Crippen molar-refractivity contribution in [3.63, 3.8) is 0 Å². The minimum atomic E-state index is -0.423. The summed E-state index contributed by atoms with van der Waals surface area (Å²) >= 11 is 9.28. The van der Waals surface area contributed by atoms with Gasteiger partial charge in [0.05, 0.1) is 11.2 Å². The summed E-state index contributed by atoms with van der Waals surface area (Å²) in [6.07, 6.45) is 5.27. The molecule has 1 N–H and O–H groups in total. The van der Waals surface area contributed by atoms with Gasteiger partial charge in [0.15, 0.2) is 0 Å². The summed E-state index contributed by atoms with van der Waals surface area (Å²) in [7, 11) is 0. The summed E-state index contributed by atoms with van der Waals surface area (Å²) in [5.41, 5.74) is 1.10. The molecule has 1 fully saturated rings. The van der Waals surface area contributed by atoms with Crippen LogP contribution in [0, 0.1) is 11.3 Å². The third kappa shape index (κ3) is 3.98. The molecule has 0 saturated heterocycles. The Hall–Kier alpha value is -2.16. The molecule has 4 nitrogen and oxygen atoms in total. The quantitative estimate of drug-likeness (QED) is 0.422. The first-order valence-corrected chi connectivity index (χ1v) is 9.53. The van der Waals surface area contributed by atoms with Crippen molar-refractivity contribution in [1.29, 1.82) is 5.26 Å². The van der Waals surface area contributed by atoms with Gasteiger partial charge in [-0.1, -0.05) is 54.8 Å². The molecule has 1 aliphatic carbocycles. The fourth-order valence-corrected chi connectivity index (χ4v) is 3.82. The molecule has 0 radical (unpaired) electrons. The van der Waals surface area contributed by atoms with Gasteiger partial charge in [0, 0.05) is 4.47 Å². The maximum absolute atomic E-state index is 12.8. The molecule has 1 aromatic heterocycles. The van der Waals surface area contributed by atoms with Crippen molar-refractivity contribution in [2.24, 2.45) is 0 Å². The third-order valence-electron chi connectivity index (χ3n) is 4.62. The average molecular weight is 431 g/mol. The summed E-state index contributed by atoms with van der Waals surface area (Å²) in [4.78, 5) is 17.0. The van der Waals surface area contributed by atoms with Crippen LogP contribution in [0.15, 0.2) is 52.5 Å². The Balaban J connectivity index is 1.90. The van der Waals surface area contributed by atoms with Crippen LogP contribution >= 0.6 is 27.5 Å². The Morgan fingerprint density at radius 2 is 1.92 bits per heavy atom. The summed E-state index contributed by atoms with van der Waals surface area (Å²) in [6, 6.07) is 15.3. The van der Waals surface area contributed by atoms with Crippen LogP contribution in [0.1, 0.15) is 36.9 Å². The number of halogens is 2. The fourth-order valence-electron chi connectivity index (χ4n) is 3.33. The Kier molecular flexibility index (Phi) is 5.75. The molecule has 1 saturated carbocycles. The van der Waals surface area contributed by atoms with E-state index in [-0.39, 0.29) is 5.57 Å². The van der Waals surface area contributed by atoms with E-state index >= 15 is 0 Å². The SMILES string of the molecule is N#C/C(=C\c1nc(Cl)ccc1Br)C(=O)NC1(c2ccccc2)CCCC1. The molecule has 0 spiro atoms. The van der Waals surface area contributed by atoms with E-state index in [0.717, 1.165) is 31.2 Å². The second kappa shape index (κ2) is 8.03. The van der Waals surface area contributed by atoms with Gasteiger partial charge in [-0.15, -0.1) is 0 Å². The van der Waals surface area contributed by atoms with Crippen LogP contribution in [0.3, 0.4) is 0 Å². The van der Waals surface area contributed by atoms with E-state index < -0.39 is 11.4 Å². The van der Waals surface area contributed by atoms with Crippen LogP contribution < -0.4 is 5.32 Å². The summed E-state index contributed by atoms with van der Waals surface area (Å²) < 4.78 is 0.668. The van der Waals surface area contributed by atoms with Crippen LogP contribution in [0.5, 0.6) is 0 Å². The van der Waals surface area contributed by atoms with E-state index in [1.807, 2.05) is 36.4 Å². The van der Waals surface area contributed by atoms with E-state index in [2.05, 4.69) is 26.2 Å². The Morgan fingerprint density at radius 1 is 1.23 bits per heavy atom. The molecule has 26 heavy (non-hydrogen) atoms. The highest BCUT2D eigenvalue weighted by Crippen LogP contribution is 2.38. The molecule has 2 aromatic rings. The largest absolute Gasteiger partial charge is 0.342 e. The first-order chi connectivity index (χ1) is 12.5. The van der Waals surface area contributed by atoms with E-state index in [0.29, 0.717) is 15.3 Å². The van der Waals surface area contributed by atoms with Gasteiger partial charge >= 0.3 is 0 Å². The number of carbonyl (C=O) groups excluding carboxylic acids is 1. The minimum absolute atomic E-state index is 0.00247. The number of aromatic nitrogens is 1. The van der Waals surface area contributed by atoms with Crippen LogP contribution in [0.25, 0.3) is 6.08 Å². The van der Waals surface area contributed by atoms with E-state index in [1.54, 1.807) is 12.1 Å². The van der Waals surface area contributed by atoms with Crippen molar-refractivity contribution in [2.45, 2.75) is 31.2 Å². The van der Waals surface area contributed by atoms with Crippen molar-refractivity contribution in [3.8, 4) is 6.07 Å².